The van der Waals surface area contributed by atoms with Crippen molar-refractivity contribution in [3.05, 3.63) is 35.2 Å². The van der Waals surface area contributed by atoms with Gasteiger partial charge in [0.1, 0.15) is 0 Å². The summed E-state index contributed by atoms with van der Waals surface area (Å²) in [5.41, 5.74) is 1.13. The molecule has 1 aromatic carbocycles. The van der Waals surface area contributed by atoms with Crippen molar-refractivity contribution in [2.24, 2.45) is 5.92 Å². The normalized spacial score (nSPS) is 24.3. The van der Waals surface area contributed by atoms with Crippen LogP contribution in [0.4, 0.5) is 0 Å². The smallest absolute Gasteiger partial charge is 0.230 e. The van der Waals surface area contributed by atoms with Gasteiger partial charge < -0.3 is 0 Å². The van der Waals surface area contributed by atoms with Crippen LogP contribution in [0.3, 0.4) is 0 Å². The Morgan fingerprint density at radius 3 is 2.89 bits per heavy atom. The predicted molar refractivity (Wildman–Crippen MR) is 71.5 cm³/mol. The van der Waals surface area contributed by atoms with Crippen molar-refractivity contribution < 1.29 is 9.59 Å². The third-order valence-corrected chi connectivity index (χ3v) is 4.58. The van der Waals surface area contributed by atoms with Crippen molar-refractivity contribution in [3.8, 4) is 0 Å². The molecule has 2 heterocycles. The van der Waals surface area contributed by atoms with Crippen LogP contribution in [0, 0.1) is 5.92 Å². The highest BCUT2D eigenvalue weighted by Gasteiger charge is 2.34. The molecule has 1 fully saturated rings. The lowest BCUT2D eigenvalue weighted by Gasteiger charge is -2.27. The molecule has 4 heteroatoms. The highest BCUT2D eigenvalue weighted by Crippen LogP contribution is 2.38. The van der Waals surface area contributed by atoms with Crippen molar-refractivity contribution >= 4 is 33.2 Å². The van der Waals surface area contributed by atoms with Gasteiger partial charge in [0.05, 0.1) is 0 Å². The van der Waals surface area contributed by atoms with Crippen molar-refractivity contribution in [2.45, 2.75) is 19.3 Å². The molecule has 92 valence electrons. The second kappa shape index (κ2) is 4.21. The van der Waals surface area contributed by atoms with Crippen LogP contribution in [0.15, 0.2) is 29.6 Å². The average molecular weight is 259 g/mol. The summed E-state index contributed by atoms with van der Waals surface area (Å²) in [6.45, 7) is 1.89. The first-order valence-electron chi connectivity index (χ1n) is 5.96. The van der Waals surface area contributed by atoms with Crippen LogP contribution in [0.1, 0.15) is 24.8 Å². The van der Waals surface area contributed by atoms with E-state index in [9.17, 15) is 9.59 Å². The number of hydrogen-bond donors (Lipinski definition) is 1. The second-order valence-electron chi connectivity index (χ2n) is 4.70. The zero-order valence-corrected chi connectivity index (χ0v) is 10.8. The molecule has 1 aliphatic rings. The summed E-state index contributed by atoms with van der Waals surface area (Å²) in [4.78, 5) is 23.2. The molecule has 1 aliphatic heterocycles. The Morgan fingerprint density at radius 1 is 1.28 bits per heavy atom. The van der Waals surface area contributed by atoms with Crippen LogP contribution >= 0.6 is 11.3 Å². The summed E-state index contributed by atoms with van der Waals surface area (Å²) in [6, 6.07) is 8.13. The van der Waals surface area contributed by atoms with Gasteiger partial charge in [0.2, 0.25) is 11.8 Å². The summed E-state index contributed by atoms with van der Waals surface area (Å²) in [7, 11) is 0. The molecule has 2 aromatic rings. The molecule has 3 rings (SSSR count). The number of carbonyl (C=O) groups is 2. The lowest BCUT2D eigenvalue weighted by molar-refractivity contribution is -0.136. The van der Waals surface area contributed by atoms with E-state index in [-0.39, 0.29) is 23.7 Å². The molecule has 0 radical (unpaired) electrons. The molecule has 0 saturated carbocycles. The van der Waals surface area contributed by atoms with Crippen LogP contribution in [-0.2, 0) is 9.59 Å². The number of hydrogen-bond acceptors (Lipinski definition) is 3. The quantitative estimate of drug-likeness (QED) is 0.800. The number of benzene rings is 1. The molecular weight excluding hydrogens is 246 g/mol. The highest BCUT2D eigenvalue weighted by molar-refractivity contribution is 7.17. The molecule has 18 heavy (non-hydrogen) atoms. The SMILES string of the molecule is CC1C(=O)NC(=O)CC1c1csc2ccccc12. The highest BCUT2D eigenvalue weighted by atomic mass is 32.1. The third kappa shape index (κ3) is 1.73. The van der Waals surface area contributed by atoms with Crippen LogP contribution in [0.25, 0.3) is 10.1 Å². The molecule has 2 amide bonds. The molecule has 0 spiro atoms. The summed E-state index contributed by atoms with van der Waals surface area (Å²) in [6.07, 6.45) is 0.396. The molecule has 1 N–H and O–H groups in total. The first-order chi connectivity index (χ1) is 8.66. The maximum absolute atomic E-state index is 11.7. The Bertz CT molecular complexity index is 632. The first kappa shape index (κ1) is 11.4. The molecular formula is C14H13NO2S. The van der Waals surface area contributed by atoms with Gasteiger partial charge in [0.25, 0.3) is 0 Å². The molecule has 3 nitrogen and oxygen atoms in total. The van der Waals surface area contributed by atoms with Crippen molar-refractivity contribution in [3.63, 3.8) is 0 Å². The maximum Gasteiger partial charge on any atom is 0.230 e. The number of amides is 2. The number of nitrogens with one attached hydrogen (secondary N) is 1. The van der Waals surface area contributed by atoms with Gasteiger partial charge in [-0.05, 0) is 22.4 Å². The zero-order valence-electron chi connectivity index (χ0n) is 9.97. The number of fused-ring (bicyclic) bond motifs is 1. The summed E-state index contributed by atoms with van der Waals surface area (Å²) in [5, 5.41) is 5.64. The Balaban J connectivity index is 2.08. The number of imide groups is 1. The molecule has 2 atom stereocenters. The molecule has 1 aromatic heterocycles. The molecule has 2 unspecified atom stereocenters. The van der Waals surface area contributed by atoms with Gasteiger partial charge in [-0.25, -0.2) is 0 Å². The Kier molecular flexibility index (Phi) is 2.67. The van der Waals surface area contributed by atoms with E-state index in [1.165, 1.54) is 10.1 Å². The molecule has 0 aliphatic carbocycles. The van der Waals surface area contributed by atoms with E-state index in [2.05, 4.69) is 22.8 Å². The molecule has 1 saturated heterocycles. The second-order valence-corrected chi connectivity index (χ2v) is 5.61. The summed E-state index contributed by atoms with van der Waals surface area (Å²) < 4.78 is 1.21. The Morgan fingerprint density at radius 2 is 2.06 bits per heavy atom. The van der Waals surface area contributed by atoms with Crippen LogP contribution in [0.2, 0.25) is 0 Å². The number of carbonyl (C=O) groups excluding carboxylic acids is 2. The first-order valence-corrected chi connectivity index (χ1v) is 6.84. The Hall–Kier alpha value is -1.68. The monoisotopic (exact) mass is 259 g/mol. The summed E-state index contributed by atoms with van der Waals surface area (Å²) >= 11 is 1.67. The van der Waals surface area contributed by atoms with Gasteiger partial charge in [-0.15, -0.1) is 11.3 Å². The minimum Gasteiger partial charge on any atom is -0.296 e. The third-order valence-electron chi connectivity index (χ3n) is 3.60. The minimum absolute atomic E-state index is 0.00222. The van der Waals surface area contributed by atoms with Gasteiger partial charge in [-0.1, -0.05) is 25.1 Å². The van der Waals surface area contributed by atoms with E-state index in [1.807, 2.05) is 19.1 Å². The Labute approximate surface area is 109 Å². The lowest BCUT2D eigenvalue weighted by atomic mass is 9.81. The zero-order chi connectivity index (χ0) is 12.7. The van der Waals surface area contributed by atoms with E-state index >= 15 is 0 Å². The molecule has 0 bridgehead atoms. The van der Waals surface area contributed by atoms with Crippen molar-refractivity contribution in [2.75, 3.05) is 0 Å². The van der Waals surface area contributed by atoms with E-state index in [0.717, 1.165) is 5.56 Å². The van der Waals surface area contributed by atoms with Crippen LogP contribution in [-0.4, -0.2) is 11.8 Å². The predicted octanol–water partition coefficient (Wildman–Crippen LogP) is 2.67. The fourth-order valence-electron chi connectivity index (χ4n) is 2.53. The van der Waals surface area contributed by atoms with Crippen LogP contribution in [0.5, 0.6) is 0 Å². The largest absolute Gasteiger partial charge is 0.296 e. The lowest BCUT2D eigenvalue weighted by Crippen LogP contribution is -2.43. The minimum atomic E-state index is -0.168. The average Bonchev–Trinajstić information content (AvgIpc) is 2.77. The van der Waals surface area contributed by atoms with Gasteiger partial charge in [0.15, 0.2) is 0 Å². The number of piperidine rings is 1. The van der Waals surface area contributed by atoms with E-state index in [0.29, 0.717) is 6.42 Å². The topological polar surface area (TPSA) is 46.2 Å². The standard InChI is InChI=1S/C14H13NO2S/c1-8-10(6-13(16)15-14(8)17)11-7-18-12-5-3-2-4-9(11)12/h2-5,7-8,10H,6H2,1H3,(H,15,16,17). The van der Waals surface area contributed by atoms with Gasteiger partial charge in [-0.2, -0.15) is 0 Å². The fraction of sp³-hybridized carbons (Fsp3) is 0.286. The number of thiophene rings is 1. The van der Waals surface area contributed by atoms with Gasteiger partial charge >= 0.3 is 0 Å². The van der Waals surface area contributed by atoms with E-state index in [1.54, 1.807) is 11.3 Å². The van der Waals surface area contributed by atoms with Crippen molar-refractivity contribution in [1.29, 1.82) is 0 Å². The van der Waals surface area contributed by atoms with E-state index < -0.39 is 0 Å². The number of rotatable bonds is 1. The maximum atomic E-state index is 11.7. The van der Waals surface area contributed by atoms with E-state index in [4.69, 9.17) is 0 Å². The van der Waals surface area contributed by atoms with Gasteiger partial charge in [0, 0.05) is 23.0 Å². The fourth-order valence-corrected chi connectivity index (χ4v) is 3.55. The van der Waals surface area contributed by atoms with Gasteiger partial charge in [-0.3, -0.25) is 14.9 Å². The van der Waals surface area contributed by atoms with Crippen LogP contribution < -0.4 is 5.32 Å². The summed E-state index contributed by atoms with van der Waals surface area (Å²) in [5.74, 6) is -0.479. The van der Waals surface area contributed by atoms with Crippen molar-refractivity contribution in [1.82, 2.24) is 5.32 Å².